The molecule has 2 aromatic heterocycles. The molecule has 35 heteroatoms. The monoisotopic (exact) mass is 1330 g/mol. The number of aromatic nitrogens is 3. The number of phosphoric ester groups is 1. The number of aryl methyl sites for hydroxylation is 2. The van der Waals surface area contributed by atoms with Gasteiger partial charge in [-0.15, -0.1) is 0 Å². The largest absolute Gasteiger partial charge is 0.756 e. The first-order valence-corrected chi connectivity index (χ1v) is 33.8. The van der Waals surface area contributed by atoms with Gasteiger partial charge in [0.25, 0.3) is 13.7 Å². The normalized spacial score (nSPS) is 18.9. The van der Waals surface area contributed by atoms with Crippen LogP contribution in [0.4, 0.5) is 11.5 Å². The molecule has 6 aliphatic heterocycles. The summed E-state index contributed by atoms with van der Waals surface area (Å²) in [5, 5.41) is 23.0. The summed E-state index contributed by atoms with van der Waals surface area (Å²) >= 11 is 0. The molecule has 6 aliphatic rings. The van der Waals surface area contributed by atoms with Crippen molar-refractivity contribution in [3.05, 3.63) is 154 Å². The second-order valence-corrected chi connectivity index (χ2v) is 26.7. The highest BCUT2D eigenvalue weighted by atomic mass is 31.3. The van der Waals surface area contributed by atoms with E-state index in [4.69, 9.17) is 49.3 Å². The van der Waals surface area contributed by atoms with Crippen LogP contribution in [-0.2, 0) is 73.3 Å². The van der Waals surface area contributed by atoms with Gasteiger partial charge in [-0.05, 0) is 115 Å². The average molecular weight is 1330 g/mol. The summed E-state index contributed by atoms with van der Waals surface area (Å²) < 4.78 is 81.7. The summed E-state index contributed by atoms with van der Waals surface area (Å²) in [6.45, 7) is 1.57. The van der Waals surface area contributed by atoms with Crippen LogP contribution in [0, 0.1) is 11.8 Å². The van der Waals surface area contributed by atoms with Crippen molar-refractivity contribution in [3.8, 4) is 29.1 Å². The van der Waals surface area contributed by atoms with Crippen LogP contribution in [0.2, 0.25) is 0 Å². The maximum Gasteiger partial charge on any atom is 0.478 e. The Hall–Kier alpha value is -8.71. The highest BCUT2D eigenvalue weighted by molar-refractivity contribution is 7.65. The number of aromatic carboxylic acids is 1. The number of nitrogens with one attached hydrogen (secondary N) is 1. The van der Waals surface area contributed by atoms with E-state index in [0.717, 1.165) is 123 Å². The van der Waals surface area contributed by atoms with Crippen molar-refractivity contribution in [2.24, 2.45) is 10.2 Å². The highest BCUT2D eigenvalue weighted by Crippen LogP contribution is 2.64. The Balaban J connectivity index is 0.727. The molecule has 5 atom stereocenters. The van der Waals surface area contributed by atoms with Gasteiger partial charge >= 0.3 is 27.6 Å². The van der Waals surface area contributed by atoms with Crippen molar-refractivity contribution < 1.29 is 89.6 Å². The molecule has 0 bridgehead atoms. The maximum atomic E-state index is 14.2. The molecular formula is C58H58N13O19P3. The Kier molecular flexibility index (Phi) is 18.5. The molecule has 1 fully saturated rings. The van der Waals surface area contributed by atoms with Gasteiger partial charge in [0.2, 0.25) is 5.36 Å². The highest BCUT2D eigenvalue weighted by Gasteiger charge is 2.42. The third-order valence-electron chi connectivity index (χ3n) is 16.6. The molecule has 3 unspecified atom stereocenters. The third-order valence-corrected chi connectivity index (χ3v) is 20.3. The van der Waals surface area contributed by atoms with Gasteiger partial charge in [-0.2, -0.15) is 0 Å². The molecule has 484 valence electrons. The van der Waals surface area contributed by atoms with Crippen LogP contribution >= 0.6 is 23.5 Å². The van der Waals surface area contributed by atoms with E-state index in [1.807, 2.05) is 0 Å². The Bertz CT molecular complexity index is 4550. The Morgan fingerprint density at radius 3 is 2.45 bits per heavy atom. The smallest absolute Gasteiger partial charge is 0.478 e. The molecule has 0 radical (unpaired) electrons. The minimum absolute atomic E-state index is 0.00907. The molecule has 4 aromatic carbocycles. The number of hydrogen-bond donors (Lipinski definition) is 6. The van der Waals surface area contributed by atoms with Gasteiger partial charge in [0, 0.05) is 87.1 Å². The number of amides is 1. The summed E-state index contributed by atoms with van der Waals surface area (Å²) in [6.07, 6.45) is 6.38. The van der Waals surface area contributed by atoms with Crippen LogP contribution in [-0.4, -0.2) is 124 Å². The number of anilines is 2. The fourth-order valence-electron chi connectivity index (χ4n) is 13.0. The van der Waals surface area contributed by atoms with Gasteiger partial charge < -0.3 is 68.9 Å². The van der Waals surface area contributed by atoms with E-state index in [-0.39, 0.29) is 76.5 Å². The maximum absolute atomic E-state index is 14.2. The predicted molar refractivity (Wildman–Crippen MR) is 325 cm³/mol. The number of rotatable bonds is 22. The fraction of sp³-hybridized carbons (Fsp3) is 0.379. The first-order valence-electron chi connectivity index (χ1n) is 29.3. The lowest BCUT2D eigenvalue weighted by atomic mass is 9.81. The molecule has 0 aliphatic carbocycles. The zero-order valence-electron chi connectivity index (χ0n) is 49.2. The van der Waals surface area contributed by atoms with Crippen molar-refractivity contribution >= 4 is 69.4 Å². The van der Waals surface area contributed by atoms with Gasteiger partial charge in [0.15, 0.2) is 6.61 Å². The number of azide groups is 2. The number of carbonyl (C=O) groups is 3. The second-order valence-electron chi connectivity index (χ2n) is 22.3. The van der Waals surface area contributed by atoms with E-state index < -0.39 is 79.7 Å². The number of fused-ring (bicyclic) bond motifs is 5. The zero-order chi connectivity index (χ0) is 65.3. The summed E-state index contributed by atoms with van der Waals surface area (Å²) in [6, 6.07) is 13.4. The van der Waals surface area contributed by atoms with Crippen LogP contribution in [0.15, 0.2) is 71.3 Å². The number of phosphoric acid groups is 3. The van der Waals surface area contributed by atoms with Crippen molar-refractivity contribution in [2.75, 3.05) is 69.9 Å². The van der Waals surface area contributed by atoms with Gasteiger partial charge in [-0.25, -0.2) is 41.9 Å². The fourth-order valence-corrected chi connectivity index (χ4v) is 15.9. The number of carboxylic acid groups (broad SMARTS) is 1. The summed E-state index contributed by atoms with van der Waals surface area (Å²) in [5.74, 6) is 4.90. The third kappa shape index (κ3) is 13.7. The molecule has 0 saturated carbocycles. The molecular weight excluding hydrogens is 1280 g/mol. The van der Waals surface area contributed by atoms with Crippen LogP contribution in [0.3, 0.4) is 0 Å². The SMILES string of the molecule is [N-]=[N+]=NCOC1C[C@H](n2cc(C#CCOC(=O)c3ccc(OCCNC(=O)c4ccc(C(=O)O)c(C5=c6cc7c8c(c6Oc6c5cc5c9c6CCCN9CCC5)CCC[N+]=8CCC7)c4)cc3CN=[N+]=[N-])c3c(N)ncnc32)O[C@@H]1COP(=O)(O)OP(=O)([O-])OP(=O)(O)O. The summed E-state index contributed by atoms with van der Waals surface area (Å²) in [5.41, 5.74) is 33.1. The van der Waals surface area contributed by atoms with E-state index in [2.05, 4.69) is 77.4 Å². The molecule has 6 aromatic rings. The van der Waals surface area contributed by atoms with Crippen LogP contribution < -0.4 is 45.5 Å². The van der Waals surface area contributed by atoms with E-state index in [1.165, 1.54) is 63.3 Å². The number of nitrogens with two attached hydrogens (primary N) is 1. The first-order chi connectivity index (χ1) is 44.7. The van der Waals surface area contributed by atoms with Crippen LogP contribution in [0.5, 0.6) is 17.2 Å². The standard InChI is InChI=1S/C58H58N13O19P3/c59-54-48-35(28-71(55(48)64-30-63-54)47-26-45(85-31-66-68-61)46(87-47)29-86-92(79,80)90-93(81,82)89-91(76,77)78)8-5-20-84-58(75)38-14-12-37(22-36(38)27-65-67-60)83-21-15-62-56(72)34-11-13-39(57(73)74)42(25-34)49-43-23-32-6-1-16-69-18-3-9-40(50(32)69)52(43)88-53-41-10-4-19-70-17-2-7-33(51(41)70)24-44(49)53/h11-14,22-25,28,30,45-47H,1-4,6-7,9-10,15-21,26-27,29,31H2,(H7-,59,62,63,64,72,73,74,76,77,78,79,80,81,82)/t45?,46-,47-/m1/s1. The van der Waals surface area contributed by atoms with Gasteiger partial charge in [-0.3, -0.25) is 13.9 Å². The number of nitrogens with zero attached hydrogens (tertiary/aromatic N) is 11. The van der Waals surface area contributed by atoms with E-state index in [9.17, 15) is 48.5 Å². The molecule has 1 saturated heterocycles. The van der Waals surface area contributed by atoms with Crippen LogP contribution in [0.1, 0.15) is 114 Å². The van der Waals surface area contributed by atoms with Crippen molar-refractivity contribution in [1.82, 2.24) is 24.4 Å². The van der Waals surface area contributed by atoms with Crippen molar-refractivity contribution in [2.45, 2.75) is 82.8 Å². The zero-order valence-corrected chi connectivity index (χ0v) is 51.9. The minimum atomic E-state index is -6.09. The quantitative estimate of drug-likeness (QED) is 0.00700. The number of carboxylic acids is 1. The van der Waals surface area contributed by atoms with Gasteiger partial charge in [0.05, 0.1) is 53.4 Å². The van der Waals surface area contributed by atoms with Crippen molar-refractivity contribution in [1.29, 1.82) is 0 Å². The van der Waals surface area contributed by atoms with Gasteiger partial charge in [0.1, 0.15) is 73.8 Å². The van der Waals surface area contributed by atoms with E-state index in [1.54, 1.807) is 6.07 Å². The predicted octanol–water partition coefficient (Wildman–Crippen LogP) is 5.63. The van der Waals surface area contributed by atoms with Gasteiger partial charge in [-0.1, -0.05) is 22.1 Å². The molecule has 7 N–H and O–H groups in total. The lowest BCUT2D eigenvalue weighted by Gasteiger charge is -2.39. The lowest BCUT2D eigenvalue weighted by molar-refractivity contribution is -0.211. The van der Waals surface area contributed by atoms with Crippen LogP contribution in [0.25, 0.3) is 37.5 Å². The average Bonchev–Trinajstić information content (AvgIpc) is 1.37. The molecule has 1 amide bonds. The summed E-state index contributed by atoms with van der Waals surface area (Å²) in [4.78, 5) is 96.8. The summed E-state index contributed by atoms with van der Waals surface area (Å²) in [7, 11) is -17.5. The number of ether oxygens (including phenoxy) is 5. The van der Waals surface area contributed by atoms with Crippen molar-refractivity contribution in [3.63, 3.8) is 0 Å². The minimum Gasteiger partial charge on any atom is -0.756 e. The molecule has 12 rings (SSSR count). The number of esters is 1. The molecule has 8 heterocycles. The Labute approximate surface area is 527 Å². The topological polar surface area (TPSA) is 453 Å². The van der Waals surface area contributed by atoms with E-state index >= 15 is 0 Å². The molecule has 32 nitrogen and oxygen atoms in total. The Morgan fingerprint density at radius 1 is 0.903 bits per heavy atom. The lowest BCUT2D eigenvalue weighted by Crippen LogP contribution is -2.45. The number of carbonyl (C=O) groups excluding carboxylic acids is 2. The molecule has 93 heavy (non-hydrogen) atoms. The Morgan fingerprint density at radius 2 is 1.67 bits per heavy atom. The number of hydrogen-bond acceptors (Lipinski definition) is 21. The first kappa shape index (κ1) is 64.4. The molecule has 0 spiro atoms. The van der Waals surface area contributed by atoms with E-state index in [0.29, 0.717) is 5.56 Å². The number of nitrogen functional groups attached to an aromatic ring is 1. The number of benzene rings is 4. The second kappa shape index (κ2) is 26.7.